The molecule has 0 heterocycles. The van der Waals surface area contributed by atoms with Crippen molar-refractivity contribution in [1.29, 1.82) is 0 Å². The van der Waals surface area contributed by atoms with E-state index in [0.29, 0.717) is 48.4 Å². The second-order valence-corrected chi connectivity index (χ2v) is 14.8. The number of carbonyl (C=O) groups excluding carboxylic acids is 2. The van der Waals surface area contributed by atoms with Crippen molar-refractivity contribution in [2.45, 2.75) is 111 Å². The van der Waals surface area contributed by atoms with E-state index in [1.54, 1.807) is 0 Å². The third kappa shape index (κ3) is 7.98. The highest BCUT2D eigenvalue weighted by Crippen LogP contribution is 2.68. The average Bonchev–Trinajstić information content (AvgIpc) is 3.35. The van der Waals surface area contributed by atoms with E-state index in [1.807, 2.05) is 0 Å². The van der Waals surface area contributed by atoms with Crippen molar-refractivity contribution in [2.24, 2.45) is 52.1 Å². The number of ether oxygens (including phenoxy) is 1. The molecule has 0 saturated heterocycles. The molecule has 0 aromatic rings. The summed E-state index contributed by atoms with van der Waals surface area (Å²) in [6.07, 6.45) is 20.0. The molecule has 0 aliphatic heterocycles. The van der Waals surface area contributed by atoms with Gasteiger partial charge in [-0.05, 0) is 130 Å². The van der Waals surface area contributed by atoms with Gasteiger partial charge in [0.25, 0.3) is 0 Å². The fourth-order valence-corrected chi connectivity index (χ4v) is 10.4. The largest absolute Gasteiger partial charge is 0.418 e. The van der Waals surface area contributed by atoms with Crippen molar-refractivity contribution >= 4 is 12.4 Å². The van der Waals surface area contributed by atoms with Crippen molar-refractivity contribution in [3.8, 4) is 0 Å². The van der Waals surface area contributed by atoms with E-state index < -0.39 is 6.09 Å². The molecule has 0 spiro atoms. The number of allylic oxidation sites excluding steroid dienone is 1. The Bertz CT molecular complexity index is 895. The smallest absolute Gasteiger partial charge is 0.412 e. The van der Waals surface area contributed by atoms with Gasteiger partial charge < -0.3 is 26.4 Å². The number of alkyl carbamates (subject to hydrolysis) is 1. The molecule has 0 aromatic carbocycles. The van der Waals surface area contributed by atoms with Crippen LogP contribution in [0.2, 0.25) is 0 Å². The van der Waals surface area contributed by atoms with Gasteiger partial charge in [0.1, 0.15) is 12.5 Å². The lowest BCUT2D eigenvalue weighted by atomic mass is 9.44. The van der Waals surface area contributed by atoms with E-state index in [4.69, 9.17) is 10.5 Å². The van der Waals surface area contributed by atoms with E-state index in [2.05, 4.69) is 36.7 Å². The van der Waals surface area contributed by atoms with E-state index in [0.717, 1.165) is 74.8 Å². The van der Waals surface area contributed by atoms with Gasteiger partial charge in [0.05, 0.1) is 0 Å². The molecule has 0 aromatic heterocycles. The number of aldehydes is 1. The second kappa shape index (κ2) is 16.0. The SMILES string of the molecule is CC(CCCC(C=O)=COC(=O)NCCNCCCNCCN)[C@H]1CC[C@H]2[C@@H]3CCC4CCCC[C@]4(C)[C@H]3CC[C@]12C. The number of rotatable bonds is 16. The molecule has 4 rings (SSSR count). The van der Waals surface area contributed by atoms with Crippen LogP contribution in [0, 0.1) is 46.3 Å². The third-order valence-electron chi connectivity index (χ3n) is 12.5. The quantitative estimate of drug-likeness (QED) is 0.0745. The summed E-state index contributed by atoms with van der Waals surface area (Å²) in [5, 5.41) is 9.28. The van der Waals surface area contributed by atoms with Gasteiger partial charge in [0, 0.05) is 31.8 Å². The van der Waals surface area contributed by atoms with Crippen LogP contribution in [0.1, 0.15) is 111 Å². The molecule has 4 aliphatic rings. The molecule has 0 radical (unpaired) electrons. The standard InChI is InChI=1S/C35H62N4O3/c1-26(8-6-9-27(24-40)25-42-33(41)39-23-22-38-20-7-19-37-21-18-36)30-13-14-31-29-12-11-28-10-4-5-16-34(28,2)32(29)15-17-35(30,31)3/h24-26,28-32,37-38H,4-23,36H2,1-3H3,(H,39,41)/t26?,28?,29-,30+,31-,32-,34-,35+/m0/s1. The van der Waals surface area contributed by atoms with Gasteiger partial charge in [-0.1, -0.05) is 40.0 Å². The summed E-state index contributed by atoms with van der Waals surface area (Å²) in [5.41, 5.74) is 7.12. The number of nitrogens with one attached hydrogen (secondary N) is 3. The molecule has 8 atom stereocenters. The Morgan fingerprint density at radius 2 is 1.69 bits per heavy atom. The number of amides is 1. The fraction of sp³-hybridized carbons (Fsp3) is 0.886. The summed E-state index contributed by atoms with van der Waals surface area (Å²) in [4.78, 5) is 23.7. The highest BCUT2D eigenvalue weighted by Gasteiger charge is 2.60. The lowest BCUT2D eigenvalue weighted by Gasteiger charge is -2.61. The zero-order chi connectivity index (χ0) is 30.0. The summed E-state index contributed by atoms with van der Waals surface area (Å²) < 4.78 is 5.21. The number of nitrogens with two attached hydrogens (primary N) is 1. The van der Waals surface area contributed by atoms with Crippen LogP contribution < -0.4 is 21.7 Å². The Morgan fingerprint density at radius 1 is 0.905 bits per heavy atom. The number of fused-ring (bicyclic) bond motifs is 5. The Kier molecular flexibility index (Phi) is 12.8. The van der Waals surface area contributed by atoms with Crippen LogP contribution in [0.25, 0.3) is 0 Å². The minimum Gasteiger partial charge on any atom is -0.418 e. The molecule has 4 fully saturated rings. The van der Waals surface area contributed by atoms with Crippen LogP contribution in [0.15, 0.2) is 11.8 Å². The van der Waals surface area contributed by atoms with Crippen LogP contribution >= 0.6 is 0 Å². The van der Waals surface area contributed by atoms with Crippen molar-refractivity contribution in [1.82, 2.24) is 16.0 Å². The molecule has 5 N–H and O–H groups in total. The summed E-state index contributed by atoms with van der Waals surface area (Å²) in [6.45, 7) is 12.3. The van der Waals surface area contributed by atoms with Crippen LogP contribution in [0.5, 0.6) is 0 Å². The van der Waals surface area contributed by atoms with E-state index in [-0.39, 0.29) is 0 Å². The normalized spacial score (nSPS) is 35.0. The summed E-state index contributed by atoms with van der Waals surface area (Å²) in [5.74, 6) is 5.28. The molecular weight excluding hydrogens is 524 g/mol. The zero-order valence-corrected chi connectivity index (χ0v) is 27.1. The molecule has 4 saturated carbocycles. The maximum absolute atomic E-state index is 12.1. The molecule has 4 aliphatic carbocycles. The van der Waals surface area contributed by atoms with Crippen LogP contribution in [-0.4, -0.2) is 51.6 Å². The van der Waals surface area contributed by atoms with Gasteiger partial charge in [-0.25, -0.2) is 4.79 Å². The number of hydrogen-bond acceptors (Lipinski definition) is 6. The van der Waals surface area contributed by atoms with Gasteiger partial charge in [0.2, 0.25) is 0 Å². The van der Waals surface area contributed by atoms with Crippen LogP contribution in [0.4, 0.5) is 4.79 Å². The molecule has 2 unspecified atom stereocenters. The van der Waals surface area contributed by atoms with Gasteiger partial charge in [-0.15, -0.1) is 0 Å². The number of carbonyl (C=O) groups is 2. The van der Waals surface area contributed by atoms with Gasteiger partial charge >= 0.3 is 6.09 Å². The molecule has 1 amide bonds. The molecule has 0 bridgehead atoms. The highest BCUT2D eigenvalue weighted by molar-refractivity contribution is 5.74. The van der Waals surface area contributed by atoms with Gasteiger partial charge in [0.15, 0.2) is 0 Å². The second-order valence-electron chi connectivity index (χ2n) is 14.8. The molecule has 240 valence electrons. The molecule has 7 nitrogen and oxygen atoms in total. The topological polar surface area (TPSA) is 105 Å². The van der Waals surface area contributed by atoms with Crippen molar-refractivity contribution in [2.75, 3.05) is 39.3 Å². The minimum absolute atomic E-state index is 0.485. The monoisotopic (exact) mass is 586 g/mol. The first-order chi connectivity index (χ1) is 20.3. The first-order valence-electron chi connectivity index (χ1n) is 17.5. The van der Waals surface area contributed by atoms with Crippen LogP contribution in [0.3, 0.4) is 0 Å². The Balaban J connectivity index is 1.16. The average molecular weight is 587 g/mol. The van der Waals surface area contributed by atoms with E-state index in [1.165, 1.54) is 70.5 Å². The first-order valence-corrected chi connectivity index (χ1v) is 17.5. The van der Waals surface area contributed by atoms with Crippen LogP contribution in [-0.2, 0) is 9.53 Å². The molecule has 42 heavy (non-hydrogen) atoms. The fourth-order valence-electron chi connectivity index (χ4n) is 10.4. The van der Waals surface area contributed by atoms with Crippen molar-refractivity contribution in [3.05, 3.63) is 11.8 Å². The summed E-state index contributed by atoms with van der Waals surface area (Å²) in [7, 11) is 0. The van der Waals surface area contributed by atoms with Gasteiger partial charge in [-0.2, -0.15) is 0 Å². The maximum atomic E-state index is 12.1. The Hall–Kier alpha value is -1.44. The number of hydrogen-bond donors (Lipinski definition) is 4. The van der Waals surface area contributed by atoms with E-state index in [9.17, 15) is 9.59 Å². The summed E-state index contributed by atoms with van der Waals surface area (Å²) >= 11 is 0. The first kappa shape index (κ1) is 33.5. The molecule has 7 heteroatoms. The Morgan fingerprint density at radius 3 is 2.48 bits per heavy atom. The third-order valence-corrected chi connectivity index (χ3v) is 12.5. The highest BCUT2D eigenvalue weighted by atomic mass is 16.5. The van der Waals surface area contributed by atoms with Gasteiger partial charge in [-0.3, -0.25) is 4.79 Å². The van der Waals surface area contributed by atoms with Crippen molar-refractivity contribution in [3.63, 3.8) is 0 Å². The lowest BCUT2D eigenvalue weighted by Crippen LogP contribution is -2.53. The summed E-state index contributed by atoms with van der Waals surface area (Å²) in [6, 6.07) is 0. The lowest BCUT2D eigenvalue weighted by molar-refractivity contribution is -0.114. The predicted octanol–water partition coefficient (Wildman–Crippen LogP) is 6.18. The predicted molar refractivity (Wildman–Crippen MR) is 171 cm³/mol. The zero-order valence-electron chi connectivity index (χ0n) is 27.1. The van der Waals surface area contributed by atoms with Crippen molar-refractivity contribution < 1.29 is 14.3 Å². The van der Waals surface area contributed by atoms with E-state index >= 15 is 0 Å². The molecular formula is C35H62N4O3. The maximum Gasteiger partial charge on any atom is 0.412 e. The minimum atomic E-state index is -0.509. The Labute approximate surface area is 256 Å².